The molecule has 1 aromatic carbocycles. The summed E-state index contributed by atoms with van der Waals surface area (Å²) in [7, 11) is 0. The predicted octanol–water partition coefficient (Wildman–Crippen LogP) is 0.855. The van der Waals surface area contributed by atoms with Crippen molar-refractivity contribution in [3.63, 3.8) is 0 Å². The summed E-state index contributed by atoms with van der Waals surface area (Å²) in [6.07, 6.45) is 0. The molecule has 0 amide bonds. The monoisotopic (exact) mass is 190 g/mol. The fraction of sp³-hybridized carbons (Fsp3) is 0. The quantitative estimate of drug-likeness (QED) is 0.471. The minimum Gasteiger partial charge on any atom is -0.398 e. The van der Waals surface area contributed by atoms with Crippen LogP contribution in [0.3, 0.4) is 0 Å². The van der Waals surface area contributed by atoms with Crippen molar-refractivity contribution in [2.75, 3.05) is 5.73 Å². The molecular weight excluding hydrogens is 185 g/mol. The molecule has 58 valence electrons. The minimum atomic E-state index is 0.502. The first kappa shape index (κ1) is 10.0. The van der Waals surface area contributed by atoms with Gasteiger partial charge in [0.2, 0.25) is 5.39 Å². The van der Waals surface area contributed by atoms with Crippen molar-refractivity contribution in [2.45, 2.75) is 0 Å². The van der Waals surface area contributed by atoms with Crippen LogP contribution in [0.5, 0.6) is 0 Å². The second-order valence-electron chi connectivity index (χ2n) is 1.67. The van der Waals surface area contributed by atoms with Gasteiger partial charge in [-0.3, -0.25) is 0 Å². The highest BCUT2D eigenvalue weighted by Gasteiger charge is 1.93. The lowest BCUT2D eigenvalue weighted by molar-refractivity contribution is -0.175. The van der Waals surface area contributed by atoms with Crippen molar-refractivity contribution in [2.24, 2.45) is 0 Å². The molecule has 0 aromatic heterocycles. The van der Waals surface area contributed by atoms with E-state index in [0.29, 0.717) is 15.7 Å². The van der Waals surface area contributed by atoms with E-state index in [-0.39, 0.29) is 0 Å². The standard InChI is InChI=1S/C6H5Cl2N.N2/c7-4-1-2-6(9)5(8)3-4;1-2/h1-3H,9H2;/p+1. The summed E-state index contributed by atoms with van der Waals surface area (Å²) in [6.45, 7) is 0. The molecule has 1 rings (SSSR count). The van der Waals surface area contributed by atoms with Gasteiger partial charge in [0.15, 0.2) is 0 Å². The van der Waals surface area contributed by atoms with E-state index in [4.69, 9.17) is 39.7 Å². The van der Waals surface area contributed by atoms with Gasteiger partial charge in [0.1, 0.15) is 0 Å². The third-order valence-corrected chi connectivity index (χ3v) is 1.52. The Bertz CT molecular complexity index is 259. The number of nitrogen functional groups attached to an aromatic ring is 1. The van der Waals surface area contributed by atoms with Gasteiger partial charge in [0.05, 0.1) is 16.1 Å². The molecule has 1 aromatic rings. The van der Waals surface area contributed by atoms with Gasteiger partial charge in [0.25, 0.3) is 0 Å². The van der Waals surface area contributed by atoms with Gasteiger partial charge in [-0.1, -0.05) is 23.2 Å². The van der Waals surface area contributed by atoms with Gasteiger partial charge in [-0.25, -0.2) is 0 Å². The number of nitrogens with two attached hydrogens (primary N) is 1. The number of halogens is 2. The molecule has 3 nitrogen and oxygen atoms in total. The van der Waals surface area contributed by atoms with Crippen LogP contribution in [0.4, 0.5) is 5.69 Å². The van der Waals surface area contributed by atoms with E-state index in [9.17, 15) is 0 Å². The third kappa shape index (κ3) is 3.08. The Morgan fingerprint density at radius 3 is 2.18 bits per heavy atom. The highest BCUT2D eigenvalue weighted by molar-refractivity contribution is 6.36. The van der Waals surface area contributed by atoms with Gasteiger partial charge in [-0.2, -0.15) is 0 Å². The Balaban J connectivity index is 0.000000461. The van der Waals surface area contributed by atoms with Crippen LogP contribution in [0, 0.1) is 5.39 Å². The number of rotatable bonds is 0. The van der Waals surface area contributed by atoms with Crippen molar-refractivity contribution in [3.05, 3.63) is 28.2 Å². The predicted molar refractivity (Wildman–Crippen MR) is 43.6 cm³/mol. The number of benzene rings is 1. The van der Waals surface area contributed by atoms with Crippen LogP contribution < -0.4 is 11.1 Å². The lowest BCUT2D eigenvalue weighted by atomic mass is 10.3. The summed E-state index contributed by atoms with van der Waals surface area (Å²) >= 11 is 11.2. The van der Waals surface area contributed by atoms with E-state index in [1.54, 1.807) is 18.2 Å². The van der Waals surface area contributed by atoms with Crippen molar-refractivity contribution < 1.29 is 5.39 Å². The van der Waals surface area contributed by atoms with Gasteiger partial charge in [-0.05, 0) is 18.2 Å². The van der Waals surface area contributed by atoms with Crippen LogP contribution in [-0.2, 0) is 0 Å². The van der Waals surface area contributed by atoms with E-state index < -0.39 is 0 Å². The molecule has 0 radical (unpaired) electrons. The van der Waals surface area contributed by atoms with Gasteiger partial charge >= 0.3 is 0 Å². The largest absolute Gasteiger partial charge is 0.398 e. The number of anilines is 1. The molecule has 0 aliphatic rings. The molecule has 0 saturated carbocycles. The summed E-state index contributed by atoms with van der Waals surface area (Å²) < 4.78 is 0. The summed E-state index contributed by atoms with van der Waals surface area (Å²) in [5.74, 6) is 0. The van der Waals surface area contributed by atoms with E-state index in [2.05, 4.69) is 0 Å². The molecule has 0 spiro atoms. The van der Waals surface area contributed by atoms with E-state index >= 15 is 0 Å². The number of nitrogens with zero attached hydrogens (tertiary/aromatic N) is 1. The molecule has 0 bridgehead atoms. The number of hydrogen-bond donors (Lipinski definition) is 2. The smallest absolute Gasteiger partial charge is 0.212 e. The average Bonchev–Trinajstić information content (AvgIpc) is 2.02. The zero-order chi connectivity index (χ0) is 8.85. The molecule has 0 fully saturated rings. The first-order chi connectivity index (χ1) is 5.20. The Labute approximate surface area is 74.1 Å². The van der Waals surface area contributed by atoms with Gasteiger partial charge in [-0.15, -0.1) is 0 Å². The first-order valence-corrected chi connectivity index (χ1v) is 3.38. The topological polar surface area (TPSA) is 73.6 Å². The molecule has 5 heteroatoms. The molecule has 0 aliphatic heterocycles. The SMILES string of the molecule is N#[NH+].Nc1ccc(Cl)cc1Cl. The summed E-state index contributed by atoms with van der Waals surface area (Å²) in [6, 6.07) is 4.98. The molecule has 0 unspecified atom stereocenters. The lowest BCUT2D eigenvalue weighted by Gasteiger charge is -1.94. The Morgan fingerprint density at radius 1 is 1.27 bits per heavy atom. The number of diazo groups is 1. The second kappa shape index (κ2) is 4.78. The lowest BCUT2D eigenvalue weighted by Crippen LogP contribution is -2.11. The summed E-state index contributed by atoms with van der Waals surface area (Å²) in [5.41, 5.74) is 5.95. The maximum Gasteiger partial charge on any atom is 0.212 e. The molecule has 0 aliphatic carbocycles. The molecule has 0 heterocycles. The normalized spacial score (nSPS) is 8.00. The Hall–Kier alpha value is -0.980. The van der Waals surface area contributed by atoms with Crippen LogP contribution in [0.15, 0.2) is 18.2 Å². The number of hydrogen-bond acceptors (Lipinski definition) is 2. The fourth-order valence-electron chi connectivity index (χ4n) is 0.502. The van der Waals surface area contributed by atoms with Crippen LogP contribution >= 0.6 is 23.2 Å². The summed E-state index contributed by atoms with van der Waals surface area (Å²) in [4.78, 5) is 0. The van der Waals surface area contributed by atoms with E-state index in [0.717, 1.165) is 0 Å². The van der Waals surface area contributed by atoms with E-state index in [1.807, 2.05) is 0 Å². The van der Waals surface area contributed by atoms with Crippen LogP contribution in [-0.4, -0.2) is 0 Å². The van der Waals surface area contributed by atoms with Crippen LogP contribution in [0.2, 0.25) is 10.0 Å². The van der Waals surface area contributed by atoms with Crippen molar-refractivity contribution in [1.82, 2.24) is 0 Å². The second-order valence-corrected chi connectivity index (χ2v) is 2.51. The van der Waals surface area contributed by atoms with Crippen molar-refractivity contribution in [1.29, 1.82) is 5.39 Å². The molecule has 0 atom stereocenters. The van der Waals surface area contributed by atoms with Gasteiger partial charge in [0, 0.05) is 5.02 Å². The van der Waals surface area contributed by atoms with E-state index in [1.165, 1.54) is 0 Å². The van der Waals surface area contributed by atoms with Crippen molar-refractivity contribution >= 4 is 28.9 Å². The highest BCUT2D eigenvalue weighted by atomic mass is 35.5. The van der Waals surface area contributed by atoms with Crippen molar-refractivity contribution in [3.8, 4) is 0 Å². The highest BCUT2D eigenvalue weighted by Crippen LogP contribution is 2.21. The third-order valence-electron chi connectivity index (χ3n) is 0.962. The minimum absolute atomic E-state index is 0.502. The Kier molecular flexibility index (Phi) is 4.35. The number of nitrogens with one attached hydrogen (secondary N) is 1. The zero-order valence-electron chi connectivity index (χ0n) is 5.51. The Morgan fingerprint density at radius 2 is 1.82 bits per heavy atom. The molecular formula is C6H6Cl2N3+. The zero-order valence-corrected chi connectivity index (χ0v) is 7.02. The summed E-state index contributed by atoms with van der Waals surface area (Å²) in [5, 5.41) is 12.1. The van der Waals surface area contributed by atoms with Crippen LogP contribution in [0.25, 0.3) is 0 Å². The first-order valence-electron chi connectivity index (χ1n) is 2.63. The molecule has 3 N–H and O–H groups in total. The average molecular weight is 191 g/mol. The molecule has 0 saturated heterocycles. The maximum atomic E-state index is 6.25. The molecule has 11 heavy (non-hydrogen) atoms. The van der Waals surface area contributed by atoms with Gasteiger partial charge < -0.3 is 5.73 Å². The maximum absolute atomic E-state index is 6.25. The fourth-order valence-corrected chi connectivity index (χ4v) is 0.910. The van der Waals surface area contributed by atoms with Crippen LogP contribution in [0.1, 0.15) is 0 Å².